The van der Waals surface area contributed by atoms with Crippen LogP contribution in [0.5, 0.6) is 5.75 Å². The van der Waals surface area contributed by atoms with Crippen LogP contribution in [0.15, 0.2) is 89.2 Å². The number of halogens is 1. The van der Waals surface area contributed by atoms with E-state index in [0.29, 0.717) is 5.02 Å². The van der Waals surface area contributed by atoms with E-state index in [1.807, 2.05) is 78.9 Å². The molecule has 30 heavy (non-hydrogen) atoms. The smallest absolute Gasteiger partial charge is 0.374 e. The molecule has 5 heteroatoms. The first-order chi connectivity index (χ1) is 14.7. The third-order valence-corrected chi connectivity index (χ3v) is 5.12. The van der Waals surface area contributed by atoms with Gasteiger partial charge in [-0.25, -0.2) is 0 Å². The van der Waals surface area contributed by atoms with E-state index in [1.54, 1.807) is 0 Å². The average molecular weight is 420 g/mol. The van der Waals surface area contributed by atoms with Crippen molar-refractivity contribution in [1.82, 2.24) is 0 Å². The Balaban J connectivity index is 1.42. The SMILES string of the molecule is CCN1\C(=C/C=C/C=C/C=C/c2oc3ccccc3[n+]2CC)Oc2ccc(Cl)cc21. The third-order valence-electron chi connectivity index (χ3n) is 4.88. The highest BCUT2D eigenvalue weighted by Crippen LogP contribution is 2.40. The first-order valence-corrected chi connectivity index (χ1v) is 10.5. The van der Waals surface area contributed by atoms with E-state index in [0.717, 1.165) is 47.4 Å². The fourth-order valence-corrected chi connectivity index (χ4v) is 3.66. The number of para-hydroxylation sites is 2. The number of hydrogen-bond acceptors (Lipinski definition) is 3. The van der Waals surface area contributed by atoms with E-state index in [-0.39, 0.29) is 0 Å². The molecule has 0 unspecified atom stereocenters. The van der Waals surface area contributed by atoms with Crippen molar-refractivity contribution in [3.05, 3.63) is 95.7 Å². The first-order valence-electron chi connectivity index (χ1n) is 10.1. The molecule has 2 aromatic carbocycles. The molecule has 0 spiro atoms. The molecule has 1 aliphatic rings. The van der Waals surface area contributed by atoms with Gasteiger partial charge in [0.05, 0.1) is 11.8 Å². The molecule has 0 saturated carbocycles. The van der Waals surface area contributed by atoms with E-state index in [1.165, 1.54) is 0 Å². The Bertz CT molecular complexity index is 1170. The predicted molar refractivity (Wildman–Crippen MR) is 123 cm³/mol. The summed E-state index contributed by atoms with van der Waals surface area (Å²) < 4.78 is 14.0. The number of ether oxygens (including phenoxy) is 1. The lowest BCUT2D eigenvalue weighted by Crippen LogP contribution is -2.33. The molecule has 0 aliphatic carbocycles. The normalized spacial score (nSPS) is 15.3. The maximum absolute atomic E-state index is 6.12. The third kappa shape index (κ3) is 4.05. The van der Waals surface area contributed by atoms with Gasteiger partial charge in [0.15, 0.2) is 5.75 Å². The predicted octanol–water partition coefficient (Wildman–Crippen LogP) is 6.28. The van der Waals surface area contributed by atoms with E-state index in [9.17, 15) is 0 Å². The van der Waals surface area contributed by atoms with Crippen LogP contribution < -0.4 is 14.2 Å². The van der Waals surface area contributed by atoms with Gasteiger partial charge in [-0.15, -0.1) is 0 Å². The topological polar surface area (TPSA) is 29.5 Å². The summed E-state index contributed by atoms with van der Waals surface area (Å²) in [5.41, 5.74) is 3.00. The molecule has 4 rings (SSSR count). The minimum Gasteiger partial charge on any atom is -0.439 e. The molecule has 2 heterocycles. The van der Waals surface area contributed by atoms with Gasteiger partial charge < -0.3 is 14.1 Å². The van der Waals surface area contributed by atoms with Gasteiger partial charge in [0.1, 0.15) is 6.54 Å². The zero-order valence-electron chi connectivity index (χ0n) is 17.1. The summed E-state index contributed by atoms with van der Waals surface area (Å²) in [4.78, 5) is 2.10. The number of anilines is 1. The van der Waals surface area contributed by atoms with Crippen molar-refractivity contribution in [2.75, 3.05) is 11.4 Å². The molecule has 1 aliphatic heterocycles. The number of allylic oxidation sites excluding steroid dienone is 6. The molecule has 1 aromatic heterocycles. The molecule has 0 radical (unpaired) electrons. The van der Waals surface area contributed by atoms with Crippen molar-refractivity contribution in [3.8, 4) is 5.75 Å². The van der Waals surface area contributed by atoms with Crippen LogP contribution in [0.25, 0.3) is 17.2 Å². The van der Waals surface area contributed by atoms with Gasteiger partial charge in [-0.3, -0.25) is 0 Å². The Morgan fingerprint density at radius 3 is 2.63 bits per heavy atom. The Hall–Kier alpha value is -3.24. The molecular weight excluding hydrogens is 396 g/mol. The summed E-state index contributed by atoms with van der Waals surface area (Å²) in [6, 6.07) is 13.7. The standard InChI is InChI=1S/C25H24ClN2O2/c1-3-27-20-12-10-11-13-22(20)29-24(27)14-8-6-5-7-9-15-25-28(4-2)21-18-19(26)16-17-23(21)30-25/h5-18H,3-4H2,1-2H3/q+1. The monoisotopic (exact) mass is 419 g/mol. The average Bonchev–Trinajstić information content (AvgIpc) is 3.29. The Morgan fingerprint density at radius 2 is 1.80 bits per heavy atom. The second kappa shape index (κ2) is 9.06. The van der Waals surface area contributed by atoms with Crippen LogP contribution >= 0.6 is 11.6 Å². The molecule has 0 amide bonds. The summed E-state index contributed by atoms with van der Waals surface area (Å²) in [5, 5.41) is 0.705. The van der Waals surface area contributed by atoms with Crippen molar-refractivity contribution in [2.45, 2.75) is 20.4 Å². The van der Waals surface area contributed by atoms with Crippen LogP contribution in [0.3, 0.4) is 0 Å². The van der Waals surface area contributed by atoms with Crippen molar-refractivity contribution < 1.29 is 13.7 Å². The number of rotatable bonds is 6. The summed E-state index contributed by atoms with van der Waals surface area (Å²) >= 11 is 6.12. The minimum atomic E-state index is 0.705. The molecule has 0 bridgehead atoms. The van der Waals surface area contributed by atoms with E-state index < -0.39 is 0 Å². The molecule has 4 nitrogen and oxygen atoms in total. The Labute approximate surface area is 181 Å². The summed E-state index contributed by atoms with van der Waals surface area (Å²) in [6.07, 6.45) is 13.8. The summed E-state index contributed by atoms with van der Waals surface area (Å²) in [6.45, 7) is 5.86. The van der Waals surface area contributed by atoms with Crippen molar-refractivity contribution >= 4 is 34.5 Å². The Morgan fingerprint density at radius 1 is 1.00 bits per heavy atom. The van der Waals surface area contributed by atoms with Gasteiger partial charge in [0, 0.05) is 17.6 Å². The fraction of sp³-hybridized carbons (Fsp3) is 0.160. The quantitative estimate of drug-likeness (QED) is 0.348. The molecular formula is C25H24ClN2O2+. The number of aromatic nitrogens is 1. The number of oxazole rings is 1. The van der Waals surface area contributed by atoms with Gasteiger partial charge in [-0.2, -0.15) is 4.57 Å². The highest BCUT2D eigenvalue weighted by Gasteiger charge is 2.24. The zero-order chi connectivity index (χ0) is 20.9. The van der Waals surface area contributed by atoms with Crippen LogP contribution in [-0.4, -0.2) is 6.54 Å². The van der Waals surface area contributed by atoms with Gasteiger partial charge in [-0.05, 0) is 44.2 Å². The van der Waals surface area contributed by atoms with Crippen LogP contribution in [-0.2, 0) is 6.54 Å². The van der Waals surface area contributed by atoms with Crippen molar-refractivity contribution in [3.63, 3.8) is 0 Å². The zero-order valence-corrected chi connectivity index (χ0v) is 17.8. The highest BCUT2D eigenvalue weighted by atomic mass is 35.5. The molecule has 0 fully saturated rings. The second-order valence-corrected chi connectivity index (χ2v) is 7.18. The largest absolute Gasteiger partial charge is 0.439 e. The lowest BCUT2D eigenvalue weighted by Gasteiger charge is -2.15. The van der Waals surface area contributed by atoms with Crippen LogP contribution in [0.1, 0.15) is 19.7 Å². The lowest BCUT2D eigenvalue weighted by molar-refractivity contribution is -0.674. The van der Waals surface area contributed by atoms with Crippen LogP contribution in [0, 0.1) is 0 Å². The molecule has 0 N–H and O–H groups in total. The fourth-order valence-electron chi connectivity index (χ4n) is 3.50. The van der Waals surface area contributed by atoms with Gasteiger partial charge >= 0.3 is 5.89 Å². The first kappa shape index (κ1) is 20.0. The Kier molecular flexibility index (Phi) is 6.05. The van der Waals surface area contributed by atoms with Crippen molar-refractivity contribution in [1.29, 1.82) is 0 Å². The maximum atomic E-state index is 6.12. The highest BCUT2D eigenvalue weighted by molar-refractivity contribution is 6.31. The molecule has 3 aromatic rings. The van der Waals surface area contributed by atoms with Crippen molar-refractivity contribution in [2.24, 2.45) is 0 Å². The molecule has 0 atom stereocenters. The molecule has 152 valence electrons. The summed E-state index contributed by atoms with van der Waals surface area (Å²) in [5.74, 6) is 2.46. The molecule has 0 saturated heterocycles. The van der Waals surface area contributed by atoms with Gasteiger partial charge in [0.2, 0.25) is 11.5 Å². The minimum absolute atomic E-state index is 0.705. The van der Waals surface area contributed by atoms with Gasteiger partial charge in [-0.1, -0.05) is 54.1 Å². The maximum Gasteiger partial charge on any atom is 0.374 e. The van der Waals surface area contributed by atoms with Crippen LogP contribution in [0.4, 0.5) is 5.69 Å². The number of fused-ring (bicyclic) bond motifs is 2. The van der Waals surface area contributed by atoms with E-state index in [2.05, 4.69) is 29.4 Å². The number of hydrogen-bond donors (Lipinski definition) is 0. The number of aryl methyl sites for hydroxylation is 1. The van der Waals surface area contributed by atoms with E-state index in [4.69, 9.17) is 20.8 Å². The summed E-state index contributed by atoms with van der Waals surface area (Å²) in [7, 11) is 0. The lowest BCUT2D eigenvalue weighted by atomic mass is 10.3. The van der Waals surface area contributed by atoms with Gasteiger partial charge in [0.25, 0.3) is 5.52 Å². The number of nitrogens with zero attached hydrogens (tertiary/aromatic N) is 2. The number of benzene rings is 2. The second-order valence-electron chi connectivity index (χ2n) is 6.74. The van der Waals surface area contributed by atoms with E-state index >= 15 is 0 Å². The van der Waals surface area contributed by atoms with Crippen LogP contribution in [0.2, 0.25) is 5.02 Å².